The van der Waals surface area contributed by atoms with Gasteiger partial charge in [0, 0.05) is 24.3 Å². The van der Waals surface area contributed by atoms with E-state index in [0.717, 1.165) is 22.5 Å². The van der Waals surface area contributed by atoms with E-state index in [4.69, 9.17) is 11.6 Å². The number of carbonyl (C=O) groups is 1. The lowest BCUT2D eigenvalue weighted by molar-refractivity contribution is -0.116. The van der Waals surface area contributed by atoms with Gasteiger partial charge in [-0.15, -0.1) is 0 Å². The highest BCUT2D eigenvalue weighted by molar-refractivity contribution is 6.31. The summed E-state index contributed by atoms with van der Waals surface area (Å²) in [5.74, 6) is -0.0517. The summed E-state index contributed by atoms with van der Waals surface area (Å²) >= 11 is 6.17. The van der Waals surface area contributed by atoms with Crippen LogP contribution in [0.25, 0.3) is 0 Å². The van der Waals surface area contributed by atoms with Crippen LogP contribution in [0.4, 0.5) is 5.69 Å². The van der Waals surface area contributed by atoms with Gasteiger partial charge in [0.25, 0.3) is 0 Å². The SMILES string of the molecule is CC(=O)N(Cc1cnccn1)c1c(C)ccc(Cl)c1C. The van der Waals surface area contributed by atoms with Gasteiger partial charge >= 0.3 is 0 Å². The van der Waals surface area contributed by atoms with Crippen LogP contribution < -0.4 is 4.90 Å². The molecule has 0 bridgehead atoms. The van der Waals surface area contributed by atoms with E-state index in [9.17, 15) is 4.79 Å². The first-order chi connectivity index (χ1) is 9.50. The molecule has 0 saturated carbocycles. The number of aromatic nitrogens is 2. The maximum Gasteiger partial charge on any atom is 0.224 e. The van der Waals surface area contributed by atoms with Crippen LogP contribution in [-0.4, -0.2) is 15.9 Å². The van der Waals surface area contributed by atoms with Gasteiger partial charge in [-0.1, -0.05) is 17.7 Å². The van der Waals surface area contributed by atoms with E-state index in [-0.39, 0.29) is 5.91 Å². The number of halogens is 1. The fraction of sp³-hybridized carbons (Fsp3) is 0.267. The Hall–Kier alpha value is -1.94. The van der Waals surface area contributed by atoms with Gasteiger partial charge in [-0.05, 0) is 31.0 Å². The Kier molecular flexibility index (Phi) is 4.35. The largest absolute Gasteiger partial charge is 0.306 e. The second-order valence-electron chi connectivity index (χ2n) is 4.64. The number of rotatable bonds is 3. The number of hydrogen-bond acceptors (Lipinski definition) is 3. The highest BCUT2D eigenvalue weighted by Gasteiger charge is 2.18. The topological polar surface area (TPSA) is 46.1 Å². The van der Waals surface area contributed by atoms with Crippen molar-refractivity contribution in [2.45, 2.75) is 27.3 Å². The Labute approximate surface area is 123 Å². The van der Waals surface area contributed by atoms with E-state index in [1.807, 2.05) is 26.0 Å². The zero-order chi connectivity index (χ0) is 14.7. The molecule has 1 heterocycles. The first-order valence-electron chi connectivity index (χ1n) is 6.29. The number of hydrogen-bond donors (Lipinski definition) is 0. The highest BCUT2D eigenvalue weighted by atomic mass is 35.5. The van der Waals surface area contributed by atoms with Crippen LogP contribution in [0.2, 0.25) is 5.02 Å². The van der Waals surface area contributed by atoms with Crippen LogP contribution in [-0.2, 0) is 11.3 Å². The monoisotopic (exact) mass is 289 g/mol. The third kappa shape index (κ3) is 2.96. The fourth-order valence-electron chi connectivity index (χ4n) is 2.15. The molecule has 0 radical (unpaired) electrons. The van der Waals surface area contributed by atoms with E-state index in [1.54, 1.807) is 23.5 Å². The Bertz CT molecular complexity index is 629. The Morgan fingerprint density at radius 2 is 2.05 bits per heavy atom. The summed E-state index contributed by atoms with van der Waals surface area (Å²) in [5, 5.41) is 0.649. The molecule has 1 aromatic heterocycles. The van der Waals surface area contributed by atoms with Gasteiger partial charge in [0.1, 0.15) is 0 Å². The molecule has 0 spiro atoms. The summed E-state index contributed by atoms with van der Waals surface area (Å²) in [6, 6.07) is 3.76. The minimum Gasteiger partial charge on any atom is -0.306 e. The Morgan fingerprint density at radius 1 is 1.30 bits per heavy atom. The van der Waals surface area contributed by atoms with Crippen LogP contribution in [0.5, 0.6) is 0 Å². The van der Waals surface area contributed by atoms with E-state index in [1.165, 1.54) is 6.92 Å². The number of aryl methyl sites for hydroxylation is 1. The Balaban J connectivity index is 2.45. The van der Waals surface area contributed by atoms with Crippen molar-refractivity contribution in [2.75, 3.05) is 4.90 Å². The molecular weight excluding hydrogens is 274 g/mol. The average Bonchev–Trinajstić information content (AvgIpc) is 2.43. The minimum atomic E-state index is -0.0517. The summed E-state index contributed by atoms with van der Waals surface area (Å²) in [6.07, 6.45) is 4.88. The number of nitrogens with zero attached hydrogens (tertiary/aromatic N) is 3. The van der Waals surface area contributed by atoms with Crippen molar-refractivity contribution >= 4 is 23.2 Å². The van der Waals surface area contributed by atoms with Gasteiger partial charge in [0.05, 0.1) is 24.1 Å². The lowest BCUT2D eigenvalue weighted by Gasteiger charge is -2.25. The molecule has 0 aliphatic carbocycles. The van der Waals surface area contributed by atoms with Crippen molar-refractivity contribution in [1.29, 1.82) is 0 Å². The molecule has 0 unspecified atom stereocenters. The van der Waals surface area contributed by atoms with Crippen LogP contribution >= 0.6 is 11.6 Å². The molecule has 4 nitrogen and oxygen atoms in total. The second-order valence-corrected chi connectivity index (χ2v) is 5.05. The van der Waals surface area contributed by atoms with Gasteiger partial charge < -0.3 is 4.90 Å². The standard InChI is InChI=1S/C15H16ClN3O/c1-10-4-5-14(16)11(2)15(10)19(12(3)20)9-13-8-17-6-7-18-13/h4-8H,9H2,1-3H3. The van der Waals surface area contributed by atoms with E-state index >= 15 is 0 Å². The zero-order valence-electron chi connectivity index (χ0n) is 11.7. The molecule has 0 fully saturated rings. The quantitative estimate of drug-likeness (QED) is 0.871. The molecule has 1 amide bonds. The van der Waals surface area contributed by atoms with Crippen LogP contribution in [0.1, 0.15) is 23.7 Å². The molecular formula is C15H16ClN3O. The van der Waals surface area contributed by atoms with Gasteiger partial charge in [0.2, 0.25) is 5.91 Å². The first-order valence-corrected chi connectivity index (χ1v) is 6.67. The highest BCUT2D eigenvalue weighted by Crippen LogP contribution is 2.31. The van der Waals surface area contributed by atoms with Crippen LogP contribution in [0, 0.1) is 13.8 Å². The number of benzene rings is 1. The van der Waals surface area contributed by atoms with Gasteiger partial charge in [-0.25, -0.2) is 0 Å². The molecule has 1 aromatic carbocycles. The predicted octanol–water partition coefficient (Wildman–Crippen LogP) is 3.30. The third-order valence-corrected chi connectivity index (χ3v) is 3.56. The number of carbonyl (C=O) groups excluding carboxylic acids is 1. The maximum atomic E-state index is 12.0. The van der Waals surface area contributed by atoms with Crippen LogP contribution in [0.3, 0.4) is 0 Å². The summed E-state index contributed by atoms with van der Waals surface area (Å²) in [4.78, 5) is 21.9. The van der Waals surface area contributed by atoms with Crippen molar-refractivity contribution in [1.82, 2.24) is 9.97 Å². The maximum absolute atomic E-state index is 12.0. The lowest BCUT2D eigenvalue weighted by atomic mass is 10.1. The number of amides is 1. The molecule has 2 aromatic rings. The summed E-state index contributed by atoms with van der Waals surface area (Å²) in [7, 11) is 0. The third-order valence-electron chi connectivity index (χ3n) is 3.15. The van der Waals surface area contributed by atoms with Crippen molar-refractivity contribution in [3.05, 3.63) is 52.6 Å². The molecule has 0 atom stereocenters. The molecule has 5 heteroatoms. The predicted molar refractivity (Wildman–Crippen MR) is 79.8 cm³/mol. The number of anilines is 1. The van der Waals surface area contributed by atoms with E-state index in [0.29, 0.717) is 11.6 Å². The van der Waals surface area contributed by atoms with Crippen molar-refractivity contribution < 1.29 is 4.79 Å². The summed E-state index contributed by atoms with van der Waals surface area (Å²) in [6.45, 7) is 5.80. The van der Waals surface area contributed by atoms with Gasteiger partial charge in [-0.2, -0.15) is 0 Å². The molecule has 20 heavy (non-hydrogen) atoms. The summed E-state index contributed by atoms with van der Waals surface area (Å²) < 4.78 is 0. The van der Waals surface area contributed by atoms with Crippen molar-refractivity contribution in [3.63, 3.8) is 0 Å². The second kappa shape index (κ2) is 6.01. The smallest absolute Gasteiger partial charge is 0.224 e. The lowest BCUT2D eigenvalue weighted by Crippen LogP contribution is -2.29. The minimum absolute atomic E-state index is 0.0517. The molecule has 104 valence electrons. The van der Waals surface area contributed by atoms with Crippen LogP contribution in [0.15, 0.2) is 30.7 Å². The van der Waals surface area contributed by atoms with Gasteiger partial charge in [-0.3, -0.25) is 14.8 Å². The molecule has 2 rings (SSSR count). The molecule has 0 N–H and O–H groups in total. The average molecular weight is 290 g/mol. The van der Waals surface area contributed by atoms with Crippen molar-refractivity contribution in [2.24, 2.45) is 0 Å². The normalized spacial score (nSPS) is 10.4. The van der Waals surface area contributed by atoms with Crippen molar-refractivity contribution in [3.8, 4) is 0 Å². The fourth-order valence-corrected chi connectivity index (χ4v) is 2.30. The van der Waals surface area contributed by atoms with E-state index in [2.05, 4.69) is 9.97 Å². The Morgan fingerprint density at radius 3 is 2.65 bits per heavy atom. The van der Waals surface area contributed by atoms with Gasteiger partial charge in [0.15, 0.2) is 0 Å². The van der Waals surface area contributed by atoms with E-state index < -0.39 is 0 Å². The first kappa shape index (κ1) is 14.5. The molecule has 0 aliphatic heterocycles. The molecule has 0 saturated heterocycles. The zero-order valence-corrected chi connectivity index (χ0v) is 12.5. The molecule has 0 aliphatic rings. The summed E-state index contributed by atoms with van der Waals surface area (Å²) in [5.41, 5.74) is 3.48.